The molecule has 0 saturated carbocycles. The predicted molar refractivity (Wildman–Crippen MR) is 98.8 cm³/mol. The normalized spacial score (nSPS) is 25.0. The van der Waals surface area contributed by atoms with E-state index in [2.05, 4.69) is 42.3 Å². The molecule has 3 atom stereocenters. The fourth-order valence-electron chi connectivity index (χ4n) is 3.73. The van der Waals surface area contributed by atoms with Gasteiger partial charge in [0.2, 0.25) is 5.91 Å². The number of amides is 1. The van der Waals surface area contributed by atoms with Crippen molar-refractivity contribution >= 4 is 11.6 Å². The molecule has 1 N–H and O–H groups in total. The van der Waals surface area contributed by atoms with E-state index in [0.717, 1.165) is 45.6 Å². The molecular formula is C20H30N2O3. The molecule has 2 saturated heterocycles. The molecule has 1 amide bonds. The van der Waals surface area contributed by atoms with Gasteiger partial charge in [0.05, 0.1) is 31.5 Å². The zero-order chi connectivity index (χ0) is 17.6. The first-order valence-electron chi connectivity index (χ1n) is 9.50. The number of nitrogens with one attached hydrogen (secondary N) is 1. The number of hydrogen-bond acceptors (Lipinski definition) is 4. The molecule has 25 heavy (non-hydrogen) atoms. The van der Waals surface area contributed by atoms with Crippen molar-refractivity contribution in [3.05, 3.63) is 29.8 Å². The third-order valence-electron chi connectivity index (χ3n) is 5.15. The number of morpholine rings is 1. The van der Waals surface area contributed by atoms with Crippen LogP contribution in [-0.2, 0) is 14.3 Å². The van der Waals surface area contributed by atoms with Gasteiger partial charge < -0.3 is 19.7 Å². The lowest BCUT2D eigenvalue weighted by molar-refractivity contribution is -0.122. The first kappa shape index (κ1) is 18.2. The summed E-state index contributed by atoms with van der Waals surface area (Å²) in [6.45, 7) is 7.48. The van der Waals surface area contributed by atoms with Gasteiger partial charge in [-0.1, -0.05) is 18.2 Å². The standard InChI is InChI=1S/C20H30N2O3/c1-15-7-8-17(25-15)9-10-20(23)21-16(2)18-5-3-4-6-19(18)22-11-13-24-14-12-22/h3-6,15-17H,7-14H2,1-2H3,(H,21,23)/t15-,16-,17-/m1/s1. The van der Waals surface area contributed by atoms with E-state index in [1.165, 1.54) is 11.3 Å². The minimum Gasteiger partial charge on any atom is -0.378 e. The van der Waals surface area contributed by atoms with Gasteiger partial charge >= 0.3 is 0 Å². The van der Waals surface area contributed by atoms with Gasteiger partial charge in [0.25, 0.3) is 0 Å². The molecule has 0 radical (unpaired) electrons. The number of hydrogen-bond donors (Lipinski definition) is 1. The zero-order valence-electron chi connectivity index (χ0n) is 15.4. The highest BCUT2D eigenvalue weighted by Gasteiger charge is 2.23. The van der Waals surface area contributed by atoms with Crippen molar-refractivity contribution in [1.82, 2.24) is 5.32 Å². The van der Waals surface area contributed by atoms with Gasteiger partial charge in [0.15, 0.2) is 0 Å². The first-order chi connectivity index (χ1) is 12.1. The monoisotopic (exact) mass is 346 g/mol. The van der Waals surface area contributed by atoms with Crippen LogP contribution >= 0.6 is 0 Å². The molecule has 0 aromatic heterocycles. The van der Waals surface area contributed by atoms with Crippen molar-refractivity contribution in [2.45, 2.75) is 57.8 Å². The smallest absolute Gasteiger partial charge is 0.220 e. The van der Waals surface area contributed by atoms with E-state index >= 15 is 0 Å². The Labute approximate surface area is 150 Å². The summed E-state index contributed by atoms with van der Waals surface area (Å²) in [5.41, 5.74) is 2.37. The van der Waals surface area contributed by atoms with E-state index < -0.39 is 0 Å². The molecule has 5 heteroatoms. The summed E-state index contributed by atoms with van der Waals surface area (Å²) in [6, 6.07) is 8.33. The van der Waals surface area contributed by atoms with Gasteiger partial charge in [-0.2, -0.15) is 0 Å². The van der Waals surface area contributed by atoms with Crippen molar-refractivity contribution in [3.63, 3.8) is 0 Å². The molecular weight excluding hydrogens is 316 g/mol. The van der Waals surface area contributed by atoms with Crippen LogP contribution in [0.25, 0.3) is 0 Å². The SMILES string of the molecule is C[C@@H]1CC[C@H](CCC(=O)N[C@H](C)c2ccccc2N2CCOCC2)O1. The third-order valence-corrected chi connectivity index (χ3v) is 5.15. The Bertz CT molecular complexity index is 572. The van der Waals surface area contributed by atoms with Crippen molar-refractivity contribution in [2.75, 3.05) is 31.2 Å². The molecule has 2 fully saturated rings. The molecule has 3 rings (SSSR count). The number of carbonyl (C=O) groups is 1. The van der Waals surface area contributed by atoms with Crippen LogP contribution in [0, 0.1) is 0 Å². The van der Waals surface area contributed by atoms with Crippen molar-refractivity contribution in [2.24, 2.45) is 0 Å². The maximum absolute atomic E-state index is 12.4. The largest absolute Gasteiger partial charge is 0.378 e. The minimum absolute atomic E-state index is 0.00466. The third kappa shape index (κ3) is 4.95. The van der Waals surface area contributed by atoms with Crippen molar-refractivity contribution < 1.29 is 14.3 Å². The second-order valence-electron chi connectivity index (χ2n) is 7.13. The Morgan fingerprint density at radius 3 is 2.76 bits per heavy atom. The predicted octanol–water partition coefficient (Wildman–Crippen LogP) is 3.05. The number of ether oxygens (including phenoxy) is 2. The molecule has 0 bridgehead atoms. The highest BCUT2D eigenvalue weighted by atomic mass is 16.5. The average Bonchev–Trinajstić information content (AvgIpc) is 3.06. The zero-order valence-corrected chi connectivity index (χ0v) is 15.4. The van der Waals surface area contributed by atoms with Gasteiger partial charge in [-0.3, -0.25) is 4.79 Å². The lowest BCUT2D eigenvalue weighted by Gasteiger charge is -2.32. The number of para-hydroxylation sites is 1. The van der Waals surface area contributed by atoms with Crippen LogP contribution in [-0.4, -0.2) is 44.4 Å². The molecule has 138 valence electrons. The van der Waals surface area contributed by atoms with E-state index in [4.69, 9.17) is 9.47 Å². The molecule has 0 aliphatic carbocycles. The molecule has 2 aliphatic rings. The molecule has 1 aromatic carbocycles. The van der Waals surface area contributed by atoms with E-state index in [-0.39, 0.29) is 18.1 Å². The van der Waals surface area contributed by atoms with E-state index in [1.54, 1.807) is 0 Å². The highest BCUT2D eigenvalue weighted by Crippen LogP contribution is 2.27. The van der Waals surface area contributed by atoms with E-state index in [9.17, 15) is 4.79 Å². The lowest BCUT2D eigenvalue weighted by atomic mass is 10.0. The highest BCUT2D eigenvalue weighted by molar-refractivity contribution is 5.76. The Morgan fingerprint density at radius 1 is 1.28 bits per heavy atom. The van der Waals surface area contributed by atoms with E-state index in [0.29, 0.717) is 12.5 Å². The number of benzene rings is 1. The number of carbonyl (C=O) groups excluding carboxylic acids is 1. The van der Waals surface area contributed by atoms with E-state index in [1.807, 2.05) is 6.07 Å². The summed E-state index contributed by atoms with van der Waals surface area (Å²) < 4.78 is 11.3. The molecule has 5 nitrogen and oxygen atoms in total. The first-order valence-corrected chi connectivity index (χ1v) is 9.50. The number of nitrogens with zero attached hydrogens (tertiary/aromatic N) is 1. The van der Waals surface area contributed by atoms with Gasteiger partial charge in [-0.05, 0) is 44.7 Å². The van der Waals surface area contributed by atoms with Crippen LogP contribution in [0.15, 0.2) is 24.3 Å². The molecule has 0 unspecified atom stereocenters. The maximum atomic E-state index is 12.4. The molecule has 1 aromatic rings. The lowest BCUT2D eigenvalue weighted by Crippen LogP contribution is -2.37. The van der Waals surface area contributed by atoms with Crippen LogP contribution in [0.2, 0.25) is 0 Å². The second-order valence-corrected chi connectivity index (χ2v) is 7.13. The van der Waals surface area contributed by atoms with Gasteiger partial charge in [0, 0.05) is 25.2 Å². The number of rotatable bonds is 6. The van der Waals surface area contributed by atoms with Crippen molar-refractivity contribution in [1.29, 1.82) is 0 Å². The van der Waals surface area contributed by atoms with Gasteiger partial charge in [-0.15, -0.1) is 0 Å². The van der Waals surface area contributed by atoms with Gasteiger partial charge in [0.1, 0.15) is 0 Å². The summed E-state index contributed by atoms with van der Waals surface area (Å²) in [4.78, 5) is 14.7. The quantitative estimate of drug-likeness (QED) is 0.860. The fourth-order valence-corrected chi connectivity index (χ4v) is 3.73. The van der Waals surface area contributed by atoms with Crippen molar-refractivity contribution in [3.8, 4) is 0 Å². The molecule has 2 aliphatic heterocycles. The number of anilines is 1. The van der Waals surface area contributed by atoms with Crippen LogP contribution < -0.4 is 10.2 Å². The topological polar surface area (TPSA) is 50.8 Å². The average molecular weight is 346 g/mol. The second kappa shape index (κ2) is 8.68. The molecule has 0 spiro atoms. The van der Waals surface area contributed by atoms with Gasteiger partial charge in [-0.25, -0.2) is 0 Å². The van der Waals surface area contributed by atoms with Crippen LogP contribution in [0.1, 0.15) is 51.1 Å². The summed E-state index contributed by atoms with van der Waals surface area (Å²) in [7, 11) is 0. The van der Waals surface area contributed by atoms with Crippen LogP contribution in [0.3, 0.4) is 0 Å². The summed E-state index contributed by atoms with van der Waals surface area (Å²) in [5, 5.41) is 3.16. The summed E-state index contributed by atoms with van der Waals surface area (Å²) >= 11 is 0. The van der Waals surface area contributed by atoms with Crippen LogP contribution in [0.5, 0.6) is 0 Å². The summed E-state index contributed by atoms with van der Waals surface area (Å²) in [6.07, 6.45) is 4.11. The Kier molecular flexibility index (Phi) is 6.32. The Balaban J connectivity index is 1.55. The van der Waals surface area contributed by atoms with Crippen LogP contribution in [0.4, 0.5) is 5.69 Å². The molecule has 2 heterocycles. The summed E-state index contributed by atoms with van der Waals surface area (Å²) in [5.74, 6) is 0.104. The Hall–Kier alpha value is -1.59. The minimum atomic E-state index is -0.00466. The maximum Gasteiger partial charge on any atom is 0.220 e. The Morgan fingerprint density at radius 2 is 2.04 bits per heavy atom. The fraction of sp³-hybridized carbons (Fsp3) is 0.650.